The molecule has 302 valence electrons. The quantitative estimate of drug-likeness (QED) is 0.101. The molecule has 0 amide bonds. The minimum absolute atomic E-state index is 0.0323. The van der Waals surface area contributed by atoms with Crippen LogP contribution < -0.4 is 10.1 Å². The molecule has 3 aromatic carbocycles. The number of benzene rings is 3. The molecule has 0 bridgehead atoms. The van der Waals surface area contributed by atoms with Crippen LogP contribution in [0.15, 0.2) is 54.6 Å². The molecule has 56 heavy (non-hydrogen) atoms. The third-order valence-electron chi connectivity index (χ3n) is 9.30. The van der Waals surface area contributed by atoms with Gasteiger partial charge in [-0.3, -0.25) is 4.79 Å². The van der Waals surface area contributed by atoms with Crippen molar-refractivity contribution in [2.75, 3.05) is 60.5 Å². The molecule has 3 aromatic rings. The molecule has 1 saturated heterocycles. The van der Waals surface area contributed by atoms with Crippen molar-refractivity contribution in [1.29, 1.82) is 5.26 Å². The Morgan fingerprint density at radius 2 is 1.61 bits per heavy atom. The smallest absolute Gasteiger partial charge is 0.344 e. The van der Waals surface area contributed by atoms with Crippen LogP contribution in [0.5, 0.6) is 5.75 Å². The molecular weight excluding hydrogens is 773 g/mol. The summed E-state index contributed by atoms with van der Waals surface area (Å²) in [5, 5.41) is 14.3. The summed E-state index contributed by atoms with van der Waals surface area (Å²) in [5.41, 5.74) is -1.88. The van der Waals surface area contributed by atoms with E-state index in [0.29, 0.717) is 38.4 Å². The van der Waals surface area contributed by atoms with Gasteiger partial charge < -0.3 is 33.7 Å². The number of methoxy groups -OCH3 is 2. The number of hydrogen-bond donors (Lipinski definition) is 1. The van der Waals surface area contributed by atoms with E-state index in [1.54, 1.807) is 7.11 Å². The third kappa shape index (κ3) is 11.0. The van der Waals surface area contributed by atoms with E-state index in [9.17, 15) is 19.6 Å². The van der Waals surface area contributed by atoms with Crippen LogP contribution in [-0.4, -0.2) is 90.3 Å². The van der Waals surface area contributed by atoms with Crippen molar-refractivity contribution in [2.45, 2.75) is 57.0 Å². The Hall–Kier alpha value is -4.16. The Balaban J connectivity index is 1.55. The van der Waals surface area contributed by atoms with Crippen molar-refractivity contribution < 1.29 is 51.6 Å². The molecule has 1 fully saturated rings. The van der Waals surface area contributed by atoms with Gasteiger partial charge >= 0.3 is 11.9 Å². The predicted molar refractivity (Wildman–Crippen MR) is 204 cm³/mol. The van der Waals surface area contributed by atoms with Gasteiger partial charge in [-0.2, -0.15) is 5.26 Å². The van der Waals surface area contributed by atoms with E-state index < -0.39 is 64.8 Å². The summed E-state index contributed by atoms with van der Waals surface area (Å²) in [4.78, 5) is 39.5. The van der Waals surface area contributed by atoms with Crippen molar-refractivity contribution in [3.63, 3.8) is 0 Å². The highest BCUT2D eigenvalue weighted by Crippen LogP contribution is 2.53. The zero-order valence-corrected chi connectivity index (χ0v) is 33.4. The summed E-state index contributed by atoms with van der Waals surface area (Å²) in [6.45, 7) is 6.84. The molecule has 4 atom stereocenters. The largest absolute Gasteiger partial charge is 0.496 e. The van der Waals surface area contributed by atoms with Gasteiger partial charge in [0.2, 0.25) is 0 Å². The van der Waals surface area contributed by atoms with E-state index in [4.69, 9.17) is 51.6 Å². The van der Waals surface area contributed by atoms with Gasteiger partial charge in [-0.25, -0.2) is 18.4 Å². The second-order valence-corrected chi connectivity index (χ2v) is 15.2. The maximum Gasteiger partial charge on any atom is 0.344 e. The molecule has 1 aliphatic rings. The molecule has 0 radical (unpaired) electrons. The second-order valence-electron chi connectivity index (χ2n) is 14.4. The van der Waals surface area contributed by atoms with Crippen LogP contribution in [0.25, 0.3) is 0 Å². The Bertz CT molecular complexity index is 1900. The molecule has 15 heteroatoms. The first-order chi connectivity index (χ1) is 26.7. The molecule has 11 nitrogen and oxygen atoms in total. The van der Waals surface area contributed by atoms with E-state index in [0.717, 1.165) is 6.07 Å². The first kappa shape index (κ1) is 44.6. The van der Waals surface area contributed by atoms with Crippen LogP contribution in [-0.2, 0) is 45.1 Å². The zero-order chi connectivity index (χ0) is 41.0. The van der Waals surface area contributed by atoms with Crippen molar-refractivity contribution in [1.82, 2.24) is 5.32 Å². The molecule has 0 unspecified atom stereocenters. The molecular formula is C41H46Cl2F2N2O9. The third-order valence-corrected chi connectivity index (χ3v) is 9.83. The monoisotopic (exact) mass is 818 g/mol. The van der Waals surface area contributed by atoms with Gasteiger partial charge in [-0.05, 0) is 47.7 Å². The fourth-order valence-corrected chi connectivity index (χ4v) is 7.19. The van der Waals surface area contributed by atoms with Crippen LogP contribution in [0.4, 0.5) is 8.78 Å². The number of ether oxygens (including phenoxy) is 6. The first-order valence-corrected chi connectivity index (χ1v) is 18.7. The summed E-state index contributed by atoms with van der Waals surface area (Å²) in [5.74, 6) is -4.77. The van der Waals surface area contributed by atoms with Gasteiger partial charge in [-0.15, -0.1) is 0 Å². The van der Waals surface area contributed by atoms with Gasteiger partial charge in [0, 0.05) is 41.6 Å². The average Bonchev–Trinajstić information content (AvgIpc) is 3.47. The highest BCUT2D eigenvalue weighted by molar-refractivity contribution is 6.31. The van der Waals surface area contributed by atoms with Crippen LogP contribution in [0.2, 0.25) is 10.0 Å². The molecule has 0 spiro atoms. The van der Waals surface area contributed by atoms with Crippen LogP contribution >= 0.6 is 23.2 Å². The van der Waals surface area contributed by atoms with Gasteiger partial charge in [0.05, 0.1) is 62.8 Å². The summed E-state index contributed by atoms with van der Waals surface area (Å²) in [6, 6.07) is 12.8. The number of esters is 2. The maximum atomic E-state index is 16.0. The lowest BCUT2D eigenvalue weighted by molar-refractivity contribution is -0.148. The van der Waals surface area contributed by atoms with Gasteiger partial charge in [0.25, 0.3) is 0 Å². The minimum Gasteiger partial charge on any atom is -0.496 e. The lowest BCUT2D eigenvalue weighted by Gasteiger charge is -2.37. The summed E-state index contributed by atoms with van der Waals surface area (Å²) < 4.78 is 63.2. The molecule has 4 rings (SSSR count). The minimum atomic E-state index is -1.79. The van der Waals surface area contributed by atoms with Crippen LogP contribution in [0, 0.1) is 28.4 Å². The highest BCUT2D eigenvalue weighted by atomic mass is 35.5. The molecule has 0 aromatic heterocycles. The SMILES string of the molecule is COCCOCCOCCOC(=O)COC(=O)c1ccc(CC(=O)[C@@H]2N[C@@H](CC(C)(C)C)[C@](C#N)(c3ccc(Cl)cc3F)[C@H]2c2cccc(Cl)c2F)c(OC)c1. The second kappa shape index (κ2) is 20.3. The Morgan fingerprint density at radius 1 is 0.911 bits per heavy atom. The summed E-state index contributed by atoms with van der Waals surface area (Å²) in [7, 11) is 2.92. The van der Waals surface area contributed by atoms with Crippen LogP contribution in [0.3, 0.4) is 0 Å². The predicted octanol–water partition coefficient (Wildman–Crippen LogP) is 6.79. The molecule has 0 saturated carbocycles. The Morgan fingerprint density at radius 3 is 2.25 bits per heavy atom. The number of ketones is 1. The van der Waals surface area contributed by atoms with Gasteiger partial charge in [0.15, 0.2) is 12.4 Å². The van der Waals surface area contributed by atoms with Crippen molar-refractivity contribution in [3.05, 3.63) is 98.5 Å². The Labute approximate surface area is 335 Å². The van der Waals surface area contributed by atoms with Crippen molar-refractivity contribution in [3.8, 4) is 11.8 Å². The lowest BCUT2D eigenvalue weighted by Crippen LogP contribution is -2.44. The van der Waals surface area contributed by atoms with E-state index in [2.05, 4.69) is 11.4 Å². The first-order valence-electron chi connectivity index (χ1n) is 17.9. The molecule has 1 aliphatic heterocycles. The van der Waals surface area contributed by atoms with Crippen molar-refractivity contribution in [2.24, 2.45) is 5.41 Å². The number of carbonyl (C=O) groups excluding carboxylic acids is 3. The van der Waals surface area contributed by atoms with E-state index in [-0.39, 0.29) is 52.1 Å². The summed E-state index contributed by atoms with van der Waals surface area (Å²) in [6.07, 6.45) is 0.0209. The number of nitriles is 1. The normalized spacial score (nSPS) is 19.3. The molecule has 1 heterocycles. The zero-order valence-electron chi connectivity index (χ0n) is 31.9. The fourth-order valence-electron chi connectivity index (χ4n) is 6.85. The van der Waals surface area contributed by atoms with Gasteiger partial charge in [-0.1, -0.05) is 68.2 Å². The number of nitrogens with zero attached hydrogens (tertiary/aromatic N) is 1. The molecule has 1 N–H and O–H groups in total. The number of Topliss-reactive ketones (excluding diaryl/α,β-unsaturated/α-hetero) is 1. The fraction of sp³-hybridized carbons (Fsp3) is 0.463. The molecule has 0 aliphatic carbocycles. The number of rotatable bonds is 19. The maximum absolute atomic E-state index is 16.0. The van der Waals surface area contributed by atoms with Crippen LogP contribution in [0.1, 0.15) is 60.2 Å². The number of carbonyl (C=O) groups is 3. The van der Waals surface area contributed by atoms with E-state index >= 15 is 8.78 Å². The average molecular weight is 820 g/mol. The number of nitrogens with one attached hydrogen (secondary N) is 1. The van der Waals surface area contributed by atoms with Crippen molar-refractivity contribution >= 4 is 40.9 Å². The van der Waals surface area contributed by atoms with E-state index in [1.165, 1.54) is 55.6 Å². The van der Waals surface area contributed by atoms with Gasteiger partial charge in [0.1, 0.15) is 29.4 Å². The number of hydrogen-bond acceptors (Lipinski definition) is 11. The topological polar surface area (TPSA) is 142 Å². The lowest BCUT2D eigenvalue weighted by atomic mass is 9.62. The number of halogens is 4. The highest BCUT2D eigenvalue weighted by Gasteiger charge is 2.61. The summed E-state index contributed by atoms with van der Waals surface area (Å²) >= 11 is 12.4. The Kier molecular flexibility index (Phi) is 16.2. The standard InChI is InChI=1S/C41H46Cl2F2N2O9/c1-40(2,3)22-34-41(24-46,29-12-11-27(42)21-31(29)44)36(28-7-6-8-30(43)37(28)45)38(47-34)32(48)19-25-9-10-26(20-33(25)52-5)39(50)56-23-35(49)55-18-17-54-16-15-53-14-13-51-4/h6-12,20-21,34,36,38,47H,13-19,22-23H2,1-5H3/t34-,36-,38-,41-/m0/s1. The van der Waals surface area contributed by atoms with E-state index in [1.807, 2.05) is 20.8 Å².